The lowest BCUT2D eigenvalue weighted by molar-refractivity contribution is 0.0689. The van der Waals surface area contributed by atoms with Crippen LogP contribution in [0.2, 0.25) is 0 Å². The molecule has 6 nitrogen and oxygen atoms in total. The second-order valence-electron chi connectivity index (χ2n) is 3.96. The van der Waals surface area contributed by atoms with Crippen molar-refractivity contribution in [3.63, 3.8) is 0 Å². The van der Waals surface area contributed by atoms with Crippen molar-refractivity contribution in [1.82, 2.24) is 19.9 Å². The van der Waals surface area contributed by atoms with E-state index in [1.807, 2.05) is 0 Å². The van der Waals surface area contributed by atoms with E-state index < -0.39 is 5.97 Å². The maximum atomic E-state index is 11.1. The summed E-state index contributed by atoms with van der Waals surface area (Å²) in [5.41, 5.74) is 2.07. The molecule has 1 N–H and O–H groups in total. The van der Waals surface area contributed by atoms with Crippen LogP contribution in [0.15, 0.2) is 41.3 Å². The normalized spacial score (nSPS) is 10.7. The molecule has 0 radical (unpaired) electrons. The van der Waals surface area contributed by atoms with Crippen molar-refractivity contribution in [2.24, 2.45) is 0 Å². The molecule has 0 fully saturated rings. The Kier molecular flexibility index (Phi) is 3.11. The first-order valence-electron chi connectivity index (χ1n) is 5.62. The minimum atomic E-state index is -1.11. The molecule has 0 saturated carbocycles. The third-order valence-corrected chi connectivity index (χ3v) is 3.25. The van der Waals surface area contributed by atoms with Crippen LogP contribution >= 0.6 is 15.9 Å². The van der Waals surface area contributed by atoms with Gasteiger partial charge in [-0.15, -0.1) is 0 Å². The SMILES string of the molecule is O=C(O)c1nc(-c2ccc3nccnc3c2)ncc1Br. The Labute approximate surface area is 121 Å². The summed E-state index contributed by atoms with van der Waals surface area (Å²) in [6.07, 6.45) is 4.63. The molecule has 20 heavy (non-hydrogen) atoms. The lowest BCUT2D eigenvalue weighted by atomic mass is 10.2. The third kappa shape index (κ3) is 2.23. The molecular weight excluding hydrogens is 324 g/mol. The predicted octanol–water partition coefficient (Wildman–Crippen LogP) is 2.55. The van der Waals surface area contributed by atoms with Crippen LogP contribution in [0.4, 0.5) is 0 Å². The second kappa shape index (κ2) is 4.93. The number of benzene rings is 1. The van der Waals surface area contributed by atoms with Gasteiger partial charge in [0.1, 0.15) is 0 Å². The smallest absolute Gasteiger partial charge is 0.355 e. The average molecular weight is 331 g/mol. The molecule has 0 amide bonds. The summed E-state index contributed by atoms with van der Waals surface area (Å²) in [6, 6.07) is 5.35. The molecule has 7 heteroatoms. The molecule has 0 atom stereocenters. The molecule has 0 aliphatic rings. The van der Waals surface area contributed by atoms with E-state index in [-0.39, 0.29) is 5.69 Å². The van der Waals surface area contributed by atoms with E-state index in [0.29, 0.717) is 21.4 Å². The summed E-state index contributed by atoms with van der Waals surface area (Å²) in [5.74, 6) is -0.778. The zero-order chi connectivity index (χ0) is 14.1. The highest BCUT2D eigenvalue weighted by molar-refractivity contribution is 9.10. The van der Waals surface area contributed by atoms with E-state index in [2.05, 4.69) is 35.9 Å². The number of aromatic nitrogens is 4. The summed E-state index contributed by atoms with van der Waals surface area (Å²) in [4.78, 5) is 27.6. The van der Waals surface area contributed by atoms with Gasteiger partial charge in [0.2, 0.25) is 0 Å². The van der Waals surface area contributed by atoms with E-state index in [1.165, 1.54) is 6.20 Å². The molecular formula is C13H7BrN4O2. The van der Waals surface area contributed by atoms with Crippen LogP contribution in [-0.2, 0) is 0 Å². The lowest BCUT2D eigenvalue weighted by Crippen LogP contribution is -2.04. The van der Waals surface area contributed by atoms with Crippen LogP contribution in [-0.4, -0.2) is 31.0 Å². The maximum Gasteiger partial charge on any atom is 0.355 e. The van der Waals surface area contributed by atoms with Gasteiger partial charge < -0.3 is 5.11 Å². The Morgan fingerprint density at radius 3 is 2.60 bits per heavy atom. The van der Waals surface area contributed by atoms with Crippen molar-refractivity contribution >= 4 is 32.9 Å². The first-order valence-corrected chi connectivity index (χ1v) is 6.41. The summed E-state index contributed by atoms with van der Waals surface area (Å²) in [7, 11) is 0. The summed E-state index contributed by atoms with van der Waals surface area (Å²) >= 11 is 3.12. The Balaban J connectivity index is 2.15. The van der Waals surface area contributed by atoms with Crippen LogP contribution in [0, 0.1) is 0 Å². The zero-order valence-electron chi connectivity index (χ0n) is 9.99. The van der Waals surface area contributed by atoms with Gasteiger partial charge in [0.05, 0.1) is 15.5 Å². The second-order valence-corrected chi connectivity index (χ2v) is 4.81. The molecule has 0 bridgehead atoms. The van der Waals surface area contributed by atoms with Crippen molar-refractivity contribution in [1.29, 1.82) is 0 Å². The van der Waals surface area contributed by atoms with Gasteiger partial charge in [-0.05, 0) is 34.1 Å². The number of nitrogens with zero attached hydrogens (tertiary/aromatic N) is 4. The van der Waals surface area contributed by atoms with Crippen LogP contribution in [0.5, 0.6) is 0 Å². The van der Waals surface area contributed by atoms with Gasteiger partial charge >= 0.3 is 5.97 Å². The molecule has 3 aromatic rings. The topological polar surface area (TPSA) is 88.9 Å². The van der Waals surface area contributed by atoms with Gasteiger partial charge in [-0.1, -0.05) is 0 Å². The molecule has 2 heterocycles. The largest absolute Gasteiger partial charge is 0.476 e. The van der Waals surface area contributed by atoms with Gasteiger partial charge in [0.25, 0.3) is 0 Å². The Morgan fingerprint density at radius 2 is 1.85 bits per heavy atom. The number of carboxylic acid groups (broad SMARTS) is 1. The monoisotopic (exact) mass is 330 g/mol. The summed E-state index contributed by atoms with van der Waals surface area (Å²) in [6.45, 7) is 0. The van der Waals surface area contributed by atoms with E-state index in [4.69, 9.17) is 5.11 Å². The van der Waals surface area contributed by atoms with E-state index in [9.17, 15) is 4.79 Å². The van der Waals surface area contributed by atoms with Gasteiger partial charge in [0.15, 0.2) is 11.5 Å². The first-order chi connectivity index (χ1) is 9.65. The molecule has 0 spiro atoms. The van der Waals surface area contributed by atoms with Crippen LogP contribution < -0.4 is 0 Å². The highest BCUT2D eigenvalue weighted by Crippen LogP contribution is 2.22. The molecule has 2 aromatic heterocycles. The number of halogens is 1. The van der Waals surface area contributed by atoms with Gasteiger partial charge in [0, 0.05) is 24.2 Å². The van der Waals surface area contributed by atoms with Gasteiger partial charge in [-0.2, -0.15) is 0 Å². The maximum absolute atomic E-state index is 11.1. The minimum absolute atomic E-state index is 0.0748. The summed E-state index contributed by atoms with van der Waals surface area (Å²) in [5, 5.41) is 9.07. The molecule has 98 valence electrons. The van der Waals surface area contributed by atoms with Gasteiger partial charge in [-0.3, -0.25) is 9.97 Å². The molecule has 0 aliphatic carbocycles. The van der Waals surface area contributed by atoms with Crippen molar-refractivity contribution in [3.8, 4) is 11.4 Å². The van der Waals surface area contributed by atoms with Crippen molar-refractivity contribution < 1.29 is 9.90 Å². The standard InChI is InChI=1S/C13H7BrN4O2/c14-8-6-17-12(18-11(8)13(19)20)7-1-2-9-10(5-7)16-4-3-15-9/h1-6H,(H,19,20). The lowest BCUT2D eigenvalue weighted by Gasteiger charge is -2.04. The fourth-order valence-electron chi connectivity index (χ4n) is 1.76. The van der Waals surface area contributed by atoms with Crippen molar-refractivity contribution in [3.05, 3.63) is 47.0 Å². The number of hydrogen-bond donors (Lipinski definition) is 1. The van der Waals surface area contributed by atoms with Crippen molar-refractivity contribution in [2.45, 2.75) is 0 Å². The number of hydrogen-bond acceptors (Lipinski definition) is 5. The van der Waals surface area contributed by atoms with Crippen molar-refractivity contribution in [2.75, 3.05) is 0 Å². The fraction of sp³-hybridized carbons (Fsp3) is 0. The number of carbonyl (C=O) groups is 1. The Hall–Kier alpha value is -2.41. The Morgan fingerprint density at radius 1 is 1.10 bits per heavy atom. The molecule has 1 aromatic carbocycles. The average Bonchev–Trinajstić information content (AvgIpc) is 2.47. The predicted molar refractivity (Wildman–Crippen MR) is 75.2 cm³/mol. The quantitative estimate of drug-likeness (QED) is 0.776. The highest BCUT2D eigenvalue weighted by Gasteiger charge is 2.13. The summed E-state index contributed by atoms with van der Waals surface area (Å²) < 4.78 is 0.342. The molecule has 0 saturated heterocycles. The van der Waals surface area contributed by atoms with E-state index in [0.717, 1.165) is 5.52 Å². The van der Waals surface area contributed by atoms with Crippen LogP contribution in [0.1, 0.15) is 10.5 Å². The van der Waals surface area contributed by atoms with Gasteiger partial charge in [-0.25, -0.2) is 14.8 Å². The molecule has 0 aliphatic heterocycles. The number of aromatic carboxylic acids is 1. The van der Waals surface area contributed by atoms with E-state index >= 15 is 0 Å². The van der Waals surface area contributed by atoms with Crippen LogP contribution in [0.25, 0.3) is 22.4 Å². The Bertz CT molecular complexity index is 822. The van der Waals surface area contributed by atoms with Crippen LogP contribution in [0.3, 0.4) is 0 Å². The first kappa shape index (κ1) is 12.6. The number of rotatable bonds is 2. The number of fused-ring (bicyclic) bond motifs is 1. The van der Waals surface area contributed by atoms with E-state index in [1.54, 1.807) is 30.6 Å². The third-order valence-electron chi connectivity index (χ3n) is 2.67. The highest BCUT2D eigenvalue weighted by atomic mass is 79.9. The zero-order valence-corrected chi connectivity index (χ0v) is 11.6. The molecule has 0 unspecified atom stereocenters. The molecule has 3 rings (SSSR count). The fourth-order valence-corrected chi connectivity index (χ4v) is 2.12. The minimum Gasteiger partial charge on any atom is -0.476 e. The number of carboxylic acids is 1.